The molecule has 0 aromatic heterocycles. The third kappa shape index (κ3) is 2.99. The Morgan fingerprint density at radius 3 is 3.11 bits per heavy atom. The molecule has 0 radical (unpaired) electrons. The molecule has 1 aromatic carbocycles. The fourth-order valence-corrected chi connectivity index (χ4v) is 2.18. The molecule has 1 aliphatic rings. The maximum absolute atomic E-state index is 13.9. The first-order valence-corrected chi connectivity index (χ1v) is 6.46. The van der Waals surface area contributed by atoms with Gasteiger partial charge in [0, 0.05) is 19.6 Å². The molecule has 1 aromatic rings. The summed E-state index contributed by atoms with van der Waals surface area (Å²) in [7, 11) is 0. The predicted octanol–water partition coefficient (Wildman–Crippen LogP) is 1.86. The molecule has 1 atom stereocenters. The van der Waals surface area contributed by atoms with Crippen molar-refractivity contribution in [2.75, 3.05) is 31.6 Å². The molecule has 18 heavy (non-hydrogen) atoms. The van der Waals surface area contributed by atoms with Crippen molar-refractivity contribution in [3.63, 3.8) is 0 Å². The van der Waals surface area contributed by atoms with Gasteiger partial charge in [0.2, 0.25) is 0 Å². The van der Waals surface area contributed by atoms with Gasteiger partial charge in [-0.05, 0) is 28.1 Å². The number of nitrogens with zero attached hydrogens (tertiary/aromatic N) is 1. The van der Waals surface area contributed by atoms with E-state index in [0.717, 1.165) is 13.1 Å². The Morgan fingerprint density at radius 2 is 2.44 bits per heavy atom. The molecule has 0 amide bonds. The van der Waals surface area contributed by atoms with E-state index >= 15 is 0 Å². The SMILES string of the molecule is N#Cc1ccc(NCC2CNCCO2)c(F)c1Br. The molecule has 1 aliphatic heterocycles. The zero-order valence-electron chi connectivity index (χ0n) is 9.67. The summed E-state index contributed by atoms with van der Waals surface area (Å²) in [6.45, 7) is 2.81. The minimum atomic E-state index is -0.446. The van der Waals surface area contributed by atoms with Crippen molar-refractivity contribution in [1.29, 1.82) is 5.26 Å². The molecule has 0 aliphatic carbocycles. The van der Waals surface area contributed by atoms with E-state index in [1.165, 1.54) is 0 Å². The van der Waals surface area contributed by atoms with Gasteiger partial charge in [-0.15, -0.1) is 0 Å². The first kappa shape index (κ1) is 13.3. The van der Waals surface area contributed by atoms with E-state index in [1.807, 2.05) is 6.07 Å². The fourth-order valence-electron chi connectivity index (χ4n) is 1.75. The lowest BCUT2D eigenvalue weighted by Crippen LogP contribution is -2.42. The summed E-state index contributed by atoms with van der Waals surface area (Å²) in [5, 5.41) is 15.0. The Morgan fingerprint density at radius 1 is 1.61 bits per heavy atom. The Bertz CT molecular complexity index is 469. The Hall–Kier alpha value is -1.16. The van der Waals surface area contributed by atoms with Crippen molar-refractivity contribution in [3.05, 3.63) is 28.0 Å². The second kappa shape index (κ2) is 6.14. The van der Waals surface area contributed by atoms with Crippen LogP contribution < -0.4 is 10.6 Å². The van der Waals surface area contributed by atoms with Crippen LogP contribution in [0.2, 0.25) is 0 Å². The number of nitrogens with one attached hydrogen (secondary N) is 2. The highest BCUT2D eigenvalue weighted by Gasteiger charge is 2.15. The first-order chi connectivity index (χ1) is 8.72. The summed E-state index contributed by atoms with van der Waals surface area (Å²) in [5.41, 5.74) is 0.656. The van der Waals surface area contributed by atoms with E-state index in [4.69, 9.17) is 10.00 Å². The molecule has 0 saturated carbocycles. The summed E-state index contributed by atoms with van der Waals surface area (Å²) in [5.74, 6) is -0.446. The Labute approximate surface area is 113 Å². The van der Waals surface area contributed by atoms with Gasteiger partial charge in [0.15, 0.2) is 5.82 Å². The van der Waals surface area contributed by atoms with Gasteiger partial charge in [0.25, 0.3) is 0 Å². The number of morpholine rings is 1. The number of ether oxygens (including phenoxy) is 1. The summed E-state index contributed by atoms with van der Waals surface area (Å²) in [6, 6.07) is 5.06. The van der Waals surface area contributed by atoms with Crippen LogP contribution in [0.3, 0.4) is 0 Å². The van der Waals surface area contributed by atoms with Crippen molar-refractivity contribution in [2.24, 2.45) is 0 Å². The molecule has 6 heteroatoms. The quantitative estimate of drug-likeness (QED) is 0.894. The third-order valence-corrected chi connectivity index (χ3v) is 3.50. The molecule has 1 saturated heterocycles. The van der Waals surface area contributed by atoms with Crippen LogP contribution in [0.5, 0.6) is 0 Å². The number of rotatable bonds is 3. The van der Waals surface area contributed by atoms with Gasteiger partial charge in [-0.25, -0.2) is 4.39 Å². The maximum atomic E-state index is 13.9. The normalized spacial score (nSPS) is 19.3. The molecule has 0 spiro atoms. The fraction of sp³-hybridized carbons (Fsp3) is 0.417. The standard InChI is InChI=1S/C12H13BrFN3O/c13-11-8(5-15)1-2-10(12(11)14)17-7-9-6-16-3-4-18-9/h1-2,9,16-17H,3-4,6-7H2. The average molecular weight is 314 g/mol. The molecular formula is C12H13BrFN3O. The maximum Gasteiger partial charge on any atom is 0.161 e. The van der Waals surface area contributed by atoms with Gasteiger partial charge < -0.3 is 15.4 Å². The summed E-state index contributed by atoms with van der Waals surface area (Å²) < 4.78 is 19.6. The highest BCUT2D eigenvalue weighted by Crippen LogP contribution is 2.26. The number of benzene rings is 1. The van der Waals surface area contributed by atoms with E-state index in [1.54, 1.807) is 12.1 Å². The second-order valence-electron chi connectivity index (χ2n) is 3.98. The van der Waals surface area contributed by atoms with E-state index in [9.17, 15) is 4.39 Å². The van der Waals surface area contributed by atoms with Crippen molar-refractivity contribution in [3.8, 4) is 6.07 Å². The number of anilines is 1. The molecule has 1 unspecified atom stereocenters. The zero-order valence-corrected chi connectivity index (χ0v) is 11.3. The van der Waals surface area contributed by atoms with Crippen LogP contribution in [0.4, 0.5) is 10.1 Å². The molecular weight excluding hydrogens is 301 g/mol. The molecule has 0 bridgehead atoms. The van der Waals surface area contributed by atoms with E-state index in [2.05, 4.69) is 26.6 Å². The van der Waals surface area contributed by atoms with Gasteiger partial charge in [0.05, 0.1) is 28.4 Å². The lowest BCUT2D eigenvalue weighted by atomic mass is 10.2. The lowest BCUT2D eigenvalue weighted by Gasteiger charge is -2.24. The highest BCUT2D eigenvalue weighted by molar-refractivity contribution is 9.10. The van der Waals surface area contributed by atoms with Crippen LogP contribution >= 0.6 is 15.9 Å². The van der Waals surface area contributed by atoms with Gasteiger partial charge in [-0.3, -0.25) is 0 Å². The van der Waals surface area contributed by atoms with Crippen LogP contribution in [0.1, 0.15) is 5.56 Å². The van der Waals surface area contributed by atoms with Gasteiger partial charge in [0.1, 0.15) is 6.07 Å². The van der Waals surface area contributed by atoms with Crippen molar-refractivity contribution in [2.45, 2.75) is 6.10 Å². The molecule has 2 N–H and O–H groups in total. The van der Waals surface area contributed by atoms with Crippen LogP contribution in [0.25, 0.3) is 0 Å². The zero-order chi connectivity index (χ0) is 13.0. The second-order valence-corrected chi connectivity index (χ2v) is 4.77. The number of halogens is 2. The van der Waals surface area contributed by atoms with Crippen LogP contribution in [0, 0.1) is 17.1 Å². The van der Waals surface area contributed by atoms with Gasteiger partial charge in [-0.2, -0.15) is 5.26 Å². The van der Waals surface area contributed by atoms with Crippen molar-refractivity contribution >= 4 is 21.6 Å². The number of hydrogen-bond donors (Lipinski definition) is 2. The minimum Gasteiger partial charge on any atom is -0.380 e. The smallest absolute Gasteiger partial charge is 0.161 e. The third-order valence-electron chi connectivity index (χ3n) is 2.73. The van der Waals surface area contributed by atoms with E-state index < -0.39 is 5.82 Å². The topological polar surface area (TPSA) is 57.1 Å². The largest absolute Gasteiger partial charge is 0.380 e. The van der Waals surface area contributed by atoms with Crippen LogP contribution in [-0.4, -0.2) is 32.3 Å². The van der Waals surface area contributed by atoms with Gasteiger partial charge >= 0.3 is 0 Å². The first-order valence-electron chi connectivity index (χ1n) is 5.66. The monoisotopic (exact) mass is 313 g/mol. The number of nitriles is 1. The molecule has 96 valence electrons. The van der Waals surface area contributed by atoms with Crippen molar-refractivity contribution < 1.29 is 9.13 Å². The van der Waals surface area contributed by atoms with E-state index in [-0.39, 0.29) is 16.1 Å². The molecule has 2 rings (SSSR count). The van der Waals surface area contributed by atoms with Crippen LogP contribution in [0.15, 0.2) is 16.6 Å². The van der Waals surface area contributed by atoms with Crippen molar-refractivity contribution in [1.82, 2.24) is 5.32 Å². The molecule has 1 heterocycles. The number of hydrogen-bond acceptors (Lipinski definition) is 4. The predicted molar refractivity (Wildman–Crippen MR) is 69.9 cm³/mol. The highest BCUT2D eigenvalue weighted by atomic mass is 79.9. The summed E-state index contributed by atoms with van der Waals surface area (Å²) in [6.07, 6.45) is 0.0348. The molecule has 4 nitrogen and oxygen atoms in total. The lowest BCUT2D eigenvalue weighted by molar-refractivity contribution is 0.0372. The van der Waals surface area contributed by atoms with Gasteiger partial charge in [-0.1, -0.05) is 0 Å². The minimum absolute atomic E-state index is 0.0348. The summed E-state index contributed by atoms with van der Waals surface area (Å²) in [4.78, 5) is 0. The summed E-state index contributed by atoms with van der Waals surface area (Å²) >= 11 is 3.08. The average Bonchev–Trinajstić information content (AvgIpc) is 2.42. The Kier molecular flexibility index (Phi) is 4.53. The van der Waals surface area contributed by atoms with Crippen LogP contribution in [-0.2, 0) is 4.74 Å². The Balaban J connectivity index is 2.01. The molecule has 1 fully saturated rings. The van der Waals surface area contributed by atoms with E-state index in [0.29, 0.717) is 18.8 Å².